The monoisotopic (exact) mass is 398 g/mol. The van der Waals surface area contributed by atoms with Gasteiger partial charge in [0.25, 0.3) is 0 Å². The maximum Gasteiger partial charge on any atom is 0.344 e. The first-order chi connectivity index (χ1) is 13.5. The second-order valence-electron chi connectivity index (χ2n) is 6.33. The van der Waals surface area contributed by atoms with Crippen LogP contribution < -0.4 is 4.74 Å². The van der Waals surface area contributed by atoms with Gasteiger partial charge in [-0.1, -0.05) is 6.07 Å². The van der Waals surface area contributed by atoms with Crippen LogP contribution in [0.4, 0.5) is 0 Å². The van der Waals surface area contributed by atoms with Crippen LogP contribution in [0.25, 0.3) is 0 Å². The lowest BCUT2D eigenvalue weighted by atomic mass is 10.1. The number of thiophene rings is 1. The van der Waals surface area contributed by atoms with Gasteiger partial charge in [0.15, 0.2) is 6.61 Å². The lowest BCUT2D eigenvalue weighted by molar-refractivity contribution is 0.0470. The van der Waals surface area contributed by atoms with Crippen molar-refractivity contribution in [3.8, 4) is 5.88 Å². The number of Topliss-reactive ketones (excluding diaryl/α,β-unsaturated/α-hetero) is 1. The molecule has 0 radical (unpaired) electrons. The topological polar surface area (TPSA) is 70.4 Å². The zero-order chi connectivity index (χ0) is 20.1. The minimum atomic E-state index is -0.634. The summed E-state index contributed by atoms with van der Waals surface area (Å²) < 4.78 is 12.4. The first-order valence-corrected chi connectivity index (χ1v) is 9.77. The standard InChI is InChI=1S/C21H22N2O4S/c1-14-12-18(15(2)23(14)10-8-16-6-5-11-28-16)19(24)13-27-21(25)17-7-4-9-22-20(17)26-3/h4-7,9,11-12H,8,10,13H2,1-3H3. The molecule has 0 atom stereocenters. The molecule has 6 nitrogen and oxygen atoms in total. The van der Waals surface area contributed by atoms with Gasteiger partial charge in [0.05, 0.1) is 7.11 Å². The van der Waals surface area contributed by atoms with E-state index in [-0.39, 0.29) is 23.8 Å². The summed E-state index contributed by atoms with van der Waals surface area (Å²) in [6.07, 6.45) is 2.43. The Bertz CT molecular complexity index is 976. The Morgan fingerprint density at radius 3 is 2.71 bits per heavy atom. The molecule has 0 spiro atoms. The molecule has 0 aromatic carbocycles. The number of hydrogen-bond donors (Lipinski definition) is 0. The number of methoxy groups -OCH3 is 1. The lowest BCUT2D eigenvalue weighted by Gasteiger charge is -2.09. The molecular weight excluding hydrogens is 376 g/mol. The summed E-state index contributed by atoms with van der Waals surface area (Å²) in [5.41, 5.74) is 2.67. The van der Waals surface area contributed by atoms with Crippen molar-refractivity contribution in [3.63, 3.8) is 0 Å². The predicted octanol–water partition coefficient (Wildman–Crippen LogP) is 3.85. The average molecular weight is 398 g/mol. The smallest absolute Gasteiger partial charge is 0.344 e. The highest BCUT2D eigenvalue weighted by Crippen LogP contribution is 2.19. The molecule has 0 aliphatic carbocycles. The number of nitrogens with zero attached hydrogens (tertiary/aromatic N) is 2. The number of pyridine rings is 1. The van der Waals surface area contributed by atoms with Crippen LogP contribution in [0.2, 0.25) is 0 Å². The van der Waals surface area contributed by atoms with Gasteiger partial charge in [-0.2, -0.15) is 0 Å². The van der Waals surface area contributed by atoms with Crippen LogP contribution >= 0.6 is 11.3 Å². The van der Waals surface area contributed by atoms with Crippen molar-refractivity contribution in [2.75, 3.05) is 13.7 Å². The number of aryl methyl sites for hydroxylation is 2. The van der Waals surface area contributed by atoms with E-state index in [0.717, 1.165) is 24.4 Å². The Hall–Kier alpha value is -2.93. The van der Waals surface area contributed by atoms with Gasteiger partial charge in [0.1, 0.15) is 5.56 Å². The highest BCUT2D eigenvalue weighted by atomic mass is 32.1. The number of esters is 1. The van der Waals surface area contributed by atoms with Crippen molar-refractivity contribution in [1.82, 2.24) is 9.55 Å². The fourth-order valence-electron chi connectivity index (χ4n) is 3.10. The molecule has 0 saturated carbocycles. The Kier molecular flexibility index (Phi) is 6.26. The van der Waals surface area contributed by atoms with Crippen LogP contribution in [0, 0.1) is 13.8 Å². The Labute approximate surface area is 167 Å². The number of carbonyl (C=O) groups is 2. The van der Waals surface area contributed by atoms with Crippen LogP contribution in [0.15, 0.2) is 41.9 Å². The average Bonchev–Trinajstić information content (AvgIpc) is 3.32. The summed E-state index contributed by atoms with van der Waals surface area (Å²) in [7, 11) is 1.43. The van der Waals surface area contributed by atoms with Crippen LogP contribution in [0.5, 0.6) is 5.88 Å². The predicted molar refractivity (Wildman–Crippen MR) is 107 cm³/mol. The number of ketones is 1. The first-order valence-electron chi connectivity index (χ1n) is 8.89. The number of ether oxygens (including phenoxy) is 2. The summed E-state index contributed by atoms with van der Waals surface area (Å²) in [5, 5.41) is 2.06. The zero-order valence-corrected chi connectivity index (χ0v) is 16.9. The van der Waals surface area contributed by atoms with E-state index in [4.69, 9.17) is 9.47 Å². The molecule has 0 aliphatic heterocycles. The van der Waals surface area contributed by atoms with Crippen molar-refractivity contribution in [2.24, 2.45) is 0 Å². The van der Waals surface area contributed by atoms with Crippen LogP contribution in [0.3, 0.4) is 0 Å². The highest BCUT2D eigenvalue weighted by molar-refractivity contribution is 7.09. The third-order valence-electron chi connectivity index (χ3n) is 4.55. The molecule has 0 fully saturated rings. The molecule has 3 aromatic rings. The van der Waals surface area contributed by atoms with E-state index < -0.39 is 5.97 Å². The quantitative estimate of drug-likeness (QED) is 0.426. The molecule has 3 rings (SSSR count). The Morgan fingerprint density at radius 1 is 1.18 bits per heavy atom. The van der Waals surface area contributed by atoms with E-state index in [9.17, 15) is 9.59 Å². The SMILES string of the molecule is COc1ncccc1C(=O)OCC(=O)c1cc(C)n(CCc2cccs2)c1C. The maximum atomic E-state index is 12.6. The van der Waals surface area contributed by atoms with Crippen LogP contribution in [-0.4, -0.2) is 35.0 Å². The summed E-state index contributed by atoms with van der Waals surface area (Å²) in [5.74, 6) is -0.691. The minimum Gasteiger partial charge on any atom is -0.480 e. The zero-order valence-electron chi connectivity index (χ0n) is 16.1. The van der Waals surface area contributed by atoms with Gasteiger partial charge in [-0.05, 0) is 49.9 Å². The fourth-order valence-corrected chi connectivity index (χ4v) is 3.80. The van der Waals surface area contributed by atoms with Gasteiger partial charge >= 0.3 is 5.97 Å². The summed E-state index contributed by atoms with van der Waals surface area (Å²) >= 11 is 1.73. The lowest BCUT2D eigenvalue weighted by Crippen LogP contribution is -2.16. The van der Waals surface area contributed by atoms with E-state index >= 15 is 0 Å². The van der Waals surface area contributed by atoms with Crippen molar-refractivity contribution in [1.29, 1.82) is 0 Å². The molecule has 7 heteroatoms. The number of hydrogen-bond acceptors (Lipinski definition) is 6. The van der Waals surface area contributed by atoms with Crippen molar-refractivity contribution in [3.05, 3.63) is 69.3 Å². The van der Waals surface area contributed by atoms with Crippen LogP contribution in [-0.2, 0) is 17.7 Å². The summed E-state index contributed by atoms with van der Waals surface area (Å²) in [6, 6.07) is 9.16. The van der Waals surface area contributed by atoms with E-state index in [2.05, 4.69) is 21.0 Å². The summed E-state index contributed by atoms with van der Waals surface area (Å²) in [4.78, 5) is 30.1. The van der Waals surface area contributed by atoms with Gasteiger partial charge in [-0.3, -0.25) is 4.79 Å². The van der Waals surface area contributed by atoms with Gasteiger partial charge < -0.3 is 14.0 Å². The Balaban J connectivity index is 1.66. The van der Waals surface area contributed by atoms with Gasteiger partial charge in [0, 0.05) is 34.6 Å². The molecule has 28 heavy (non-hydrogen) atoms. The van der Waals surface area contributed by atoms with Crippen LogP contribution in [0.1, 0.15) is 37.0 Å². The molecule has 0 unspecified atom stereocenters. The molecule has 3 heterocycles. The van der Waals surface area contributed by atoms with E-state index in [1.165, 1.54) is 18.2 Å². The van der Waals surface area contributed by atoms with Gasteiger partial charge in [-0.15, -0.1) is 11.3 Å². The van der Waals surface area contributed by atoms with Crippen molar-refractivity contribution < 1.29 is 19.1 Å². The molecule has 0 bridgehead atoms. The normalized spacial score (nSPS) is 10.7. The van der Waals surface area contributed by atoms with Gasteiger partial charge in [0.2, 0.25) is 11.7 Å². The summed E-state index contributed by atoms with van der Waals surface area (Å²) in [6.45, 7) is 4.37. The largest absolute Gasteiger partial charge is 0.480 e. The number of aromatic nitrogens is 2. The van der Waals surface area contributed by atoms with E-state index in [1.807, 2.05) is 26.0 Å². The molecule has 146 valence electrons. The molecule has 3 aromatic heterocycles. The fraction of sp³-hybridized carbons (Fsp3) is 0.286. The second kappa shape index (κ2) is 8.84. The van der Waals surface area contributed by atoms with E-state index in [1.54, 1.807) is 23.5 Å². The van der Waals surface area contributed by atoms with Gasteiger partial charge in [-0.25, -0.2) is 9.78 Å². The van der Waals surface area contributed by atoms with Crippen molar-refractivity contribution >= 4 is 23.1 Å². The third kappa shape index (κ3) is 4.31. The Morgan fingerprint density at radius 2 is 2.00 bits per heavy atom. The molecule has 0 amide bonds. The third-order valence-corrected chi connectivity index (χ3v) is 5.49. The first kappa shape index (κ1) is 19.8. The minimum absolute atomic E-state index is 0.173. The number of rotatable bonds is 8. The molecule has 0 saturated heterocycles. The van der Waals surface area contributed by atoms with Crippen molar-refractivity contribution in [2.45, 2.75) is 26.8 Å². The van der Waals surface area contributed by atoms with E-state index in [0.29, 0.717) is 5.56 Å². The number of carbonyl (C=O) groups excluding carboxylic acids is 2. The second-order valence-corrected chi connectivity index (χ2v) is 7.36. The highest BCUT2D eigenvalue weighted by Gasteiger charge is 2.19. The molecule has 0 N–H and O–H groups in total. The molecule has 0 aliphatic rings. The maximum absolute atomic E-state index is 12.6. The molecular formula is C21H22N2O4S.